The molecule has 0 spiro atoms. The van der Waals surface area contributed by atoms with E-state index >= 15 is 0 Å². The Kier molecular flexibility index (Phi) is 5.59. The molecule has 0 saturated heterocycles. The highest BCUT2D eigenvalue weighted by atomic mass is 79.9. The molecule has 0 fully saturated rings. The highest BCUT2D eigenvalue weighted by Gasteiger charge is 2.33. The first-order valence-electron chi connectivity index (χ1n) is 10.2. The second kappa shape index (κ2) is 8.15. The number of rotatable bonds is 5. The molecule has 0 amide bonds. The Hall–Kier alpha value is -2.40. The number of ether oxygens (including phenoxy) is 1. The van der Waals surface area contributed by atoms with Crippen molar-refractivity contribution in [2.24, 2.45) is 0 Å². The summed E-state index contributed by atoms with van der Waals surface area (Å²) in [5.41, 5.74) is 4.96. The molecule has 5 rings (SSSR count). The smallest absolute Gasteiger partial charge is 0.257 e. The van der Waals surface area contributed by atoms with Crippen LogP contribution in [0.4, 0.5) is 0 Å². The number of hydrogen-bond donors (Lipinski definition) is 0. The first kappa shape index (κ1) is 19.9. The summed E-state index contributed by atoms with van der Waals surface area (Å²) in [6, 6.07) is 14.5. The summed E-state index contributed by atoms with van der Waals surface area (Å²) in [6.07, 6.45) is 8.33. The van der Waals surface area contributed by atoms with Gasteiger partial charge in [0.2, 0.25) is 5.78 Å². The minimum Gasteiger partial charge on any atom is -1.00 e. The molecule has 0 saturated carbocycles. The molecule has 1 aliphatic carbocycles. The van der Waals surface area contributed by atoms with Gasteiger partial charge in [0.25, 0.3) is 5.82 Å². The van der Waals surface area contributed by atoms with E-state index in [0.717, 1.165) is 43.6 Å². The van der Waals surface area contributed by atoms with Gasteiger partial charge in [-0.25, -0.2) is 9.13 Å². The average molecular weight is 453 g/mol. The molecular weight excluding hydrogens is 428 g/mol. The number of benzene rings is 2. The van der Waals surface area contributed by atoms with Crippen molar-refractivity contribution in [1.82, 2.24) is 4.57 Å². The molecule has 2 aromatic carbocycles. The molecule has 0 radical (unpaired) electrons. The van der Waals surface area contributed by atoms with Gasteiger partial charge in [-0.15, -0.1) is 0 Å². The van der Waals surface area contributed by atoms with Crippen LogP contribution in [0.2, 0.25) is 0 Å². The number of fused-ring (bicyclic) bond motifs is 2. The van der Waals surface area contributed by atoms with Crippen molar-refractivity contribution in [2.45, 2.75) is 45.2 Å². The Morgan fingerprint density at radius 2 is 2.00 bits per heavy atom. The number of halogens is 1. The van der Waals surface area contributed by atoms with Gasteiger partial charge in [0.05, 0.1) is 6.61 Å². The Bertz CT molecular complexity index is 1040. The molecule has 150 valence electrons. The maximum Gasteiger partial charge on any atom is 0.257 e. The van der Waals surface area contributed by atoms with Crippen molar-refractivity contribution in [3.05, 3.63) is 82.9 Å². The SMILES string of the molecule is CCc1n(C2CCc3cc4c(cc32)OCC4)cc[n+]1CC(=O)c1ccccc1.[Br-]. The van der Waals surface area contributed by atoms with Crippen LogP contribution in [0.25, 0.3) is 0 Å². The van der Waals surface area contributed by atoms with E-state index in [1.807, 2.05) is 30.3 Å². The molecule has 1 aliphatic heterocycles. The fourth-order valence-corrected chi connectivity index (χ4v) is 4.71. The predicted molar refractivity (Wildman–Crippen MR) is 107 cm³/mol. The second-order valence-corrected chi connectivity index (χ2v) is 7.70. The summed E-state index contributed by atoms with van der Waals surface area (Å²) in [5, 5.41) is 0. The van der Waals surface area contributed by atoms with E-state index in [2.05, 4.69) is 40.6 Å². The van der Waals surface area contributed by atoms with Gasteiger partial charge in [-0.1, -0.05) is 43.3 Å². The van der Waals surface area contributed by atoms with E-state index < -0.39 is 0 Å². The first-order valence-corrected chi connectivity index (χ1v) is 10.2. The van der Waals surface area contributed by atoms with Crippen LogP contribution in [0.15, 0.2) is 54.9 Å². The number of hydrogen-bond acceptors (Lipinski definition) is 2. The van der Waals surface area contributed by atoms with Crippen LogP contribution in [-0.2, 0) is 25.8 Å². The fourth-order valence-electron chi connectivity index (χ4n) is 4.71. The predicted octanol–water partition coefficient (Wildman–Crippen LogP) is 0.695. The van der Waals surface area contributed by atoms with Crippen LogP contribution in [0.1, 0.15) is 52.3 Å². The minimum absolute atomic E-state index is 0. The number of ketones is 1. The number of aromatic nitrogens is 2. The number of Topliss-reactive ketones (excluding diaryl/α,β-unsaturated/α-hetero) is 1. The second-order valence-electron chi connectivity index (χ2n) is 7.70. The van der Waals surface area contributed by atoms with Crippen LogP contribution in [0.5, 0.6) is 5.75 Å². The van der Waals surface area contributed by atoms with Gasteiger partial charge >= 0.3 is 0 Å². The summed E-state index contributed by atoms with van der Waals surface area (Å²) in [7, 11) is 0. The zero-order chi connectivity index (χ0) is 19.1. The number of nitrogens with zero attached hydrogens (tertiary/aromatic N) is 2. The van der Waals surface area contributed by atoms with Crippen molar-refractivity contribution >= 4 is 5.78 Å². The number of aryl methyl sites for hydroxylation is 1. The Labute approximate surface area is 181 Å². The summed E-state index contributed by atoms with van der Waals surface area (Å²) >= 11 is 0. The minimum atomic E-state index is 0. The lowest BCUT2D eigenvalue weighted by Gasteiger charge is -2.12. The lowest BCUT2D eigenvalue weighted by molar-refractivity contribution is -0.690. The Balaban J connectivity index is 0.00000205. The van der Waals surface area contributed by atoms with Crippen molar-refractivity contribution in [1.29, 1.82) is 0 Å². The van der Waals surface area contributed by atoms with Gasteiger partial charge in [0.1, 0.15) is 24.2 Å². The first-order chi connectivity index (χ1) is 13.7. The van der Waals surface area contributed by atoms with Crippen molar-refractivity contribution in [2.75, 3.05) is 6.61 Å². The van der Waals surface area contributed by atoms with Gasteiger partial charge < -0.3 is 21.7 Å². The third-order valence-electron chi connectivity index (χ3n) is 6.10. The zero-order valence-corrected chi connectivity index (χ0v) is 18.2. The quantitative estimate of drug-likeness (QED) is 0.421. The highest BCUT2D eigenvalue weighted by Crippen LogP contribution is 2.40. The molecule has 2 aliphatic rings. The van der Waals surface area contributed by atoms with Gasteiger partial charge in [0.15, 0.2) is 6.54 Å². The van der Waals surface area contributed by atoms with Gasteiger partial charge in [-0.05, 0) is 30.0 Å². The van der Waals surface area contributed by atoms with Gasteiger partial charge in [-0.3, -0.25) is 4.79 Å². The summed E-state index contributed by atoms with van der Waals surface area (Å²) in [6.45, 7) is 3.35. The van der Waals surface area contributed by atoms with E-state index in [1.165, 1.54) is 22.5 Å². The molecule has 0 N–H and O–H groups in total. The number of carbonyl (C=O) groups is 1. The van der Waals surface area contributed by atoms with Crippen LogP contribution in [0, 0.1) is 0 Å². The van der Waals surface area contributed by atoms with Crippen LogP contribution in [-0.4, -0.2) is 17.0 Å². The molecule has 5 heteroatoms. The van der Waals surface area contributed by atoms with Crippen molar-refractivity contribution in [3.8, 4) is 5.75 Å². The molecule has 29 heavy (non-hydrogen) atoms. The van der Waals surface area contributed by atoms with Crippen molar-refractivity contribution in [3.63, 3.8) is 0 Å². The highest BCUT2D eigenvalue weighted by molar-refractivity contribution is 5.94. The third kappa shape index (κ3) is 3.52. The maximum atomic E-state index is 12.7. The van der Waals surface area contributed by atoms with E-state index in [0.29, 0.717) is 12.6 Å². The Morgan fingerprint density at radius 3 is 2.79 bits per heavy atom. The third-order valence-corrected chi connectivity index (χ3v) is 6.10. The number of imidazole rings is 1. The largest absolute Gasteiger partial charge is 1.00 e. The van der Waals surface area contributed by atoms with Gasteiger partial charge in [-0.2, -0.15) is 0 Å². The molecular formula is C24H25BrN2O2. The summed E-state index contributed by atoms with van der Waals surface area (Å²) in [5.74, 6) is 2.41. The van der Waals surface area contributed by atoms with E-state index in [-0.39, 0.29) is 22.8 Å². The van der Waals surface area contributed by atoms with E-state index in [4.69, 9.17) is 4.74 Å². The zero-order valence-electron chi connectivity index (χ0n) is 16.6. The normalized spacial score (nSPS) is 16.7. The Morgan fingerprint density at radius 1 is 1.17 bits per heavy atom. The fraction of sp³-hybridized carbons (Fsp3) is 0.333. The van der Waals surface area contributed by atoms with Crippen LogP contribution in [0.3, 0.4) is 0 Å². The van der Waals surface area contributed by atoms with Crippen LogP contribution >= 0.6 is 0 Å². The lowest BCUT2D eigenvalue weighted by Crippen LogP contribution is -3.00. The summed E-state index contributed by atoms with van der Waals surface area (Å²) < 4.78 is 10.3. The van der Waals surface area contributed by atoms with Crippen molar-refractivity contribution < 1.29 is 31.1 Å². The topological polar surface area (TPSA) is 35.1 Å². The monoisotopic (exact) mass is 452 g/mol. The average Bonchev–Trinajstić information content (AvgIpc) is 3.44. The standard InChI is InChI=1S/C24H25N2O2.BrH/c1-2-24-25(16-22(27)17-6-4-3-5-7-17)11-12-26(24)21-9-8-18-14-19-10-13-28-23(19)15-20(18)21;/h3-7,11-12,14-15,21H,2,8-10,13,16H2,1H3;1H/q+1;/p-1. The summed E-state index contributed by atoms with van der Waals surface area (Å²) in [4.78, 5) is 12.7. The molecule has 3 aromatic rings. The maximum absolute atomic E-state index is 12.7. The van der Waals surface area contributed by atoms with Crippen LogP contribution < -0.4 is 26.3 Å². The molecule has 1 unspecified atom stereocenters. The van der Waals surface area contributed by atoms with Gasteiger partial charge in [0, 0.05) is 24.0 Å². The molecule has 0 bridgehead atoms. The van der Waals surface area contributed by atoms with E-state index in [9.17, 15) is 4.79 Å². The van der Waals surface area contributed by atoms with E-state index in [1.54, 1.807) is 0 Å². The molecule has 4 nitrogen and oxygen atoms in total. The molecule has 2 heterocycles. The lowest BCUT2D eigenvalue weighted by atomic mass is 10.0. The molecule has 1 atom stereocenters. The number of carbonyl (C=O) groups excluding carboxylic acids is 1. The molecule has 1 aromatic heterocycles.